The molecule has 0 saturated carbocycles. The van der Waals surface area contributed by atoms with E-state index in [0.29, 0.717) is 6.42 Å². The van der Waals surface area contributed by atoms with Crippen LogP contribution in [-0.2, 0) is 26.9 Å². The Morgan fingerprint density at radius 2 is 2.05 bits per heavy atom. The summed E-state index contributed by atoms with van der Waals surface area (Å²) in [5.41, 5.74) is 3.49. The molecule has 0 aliphatic rings. The normalized spacial score (nSPS) is 12.9. The molecule has 0 fully saturated rings. The molecule has 19 heavy (non-hydrogen) atoms. The van der Waals surface area contributed by atoms with Crippen LogP contribution in [0.4, 0.5) is 0 Å². The summed E-state index contributed by atoms with van der Waals surface area (Å²) in [6.07, 6.45) is 5.49. The average Bonchev–Trinajstić information content (AvgIpc) is 2.84. The van der Waals surface area contributed by atoms with Gasteiger partial charge in [-0.2, -0.15) is 5.10 Å². The van der Waals surface area contributed by atoms with E-state index >= 15 is 0 Å². The zero-order valence-corrected chi connectivity index (χ0v) is 12.1. The molecule has 0 amide bonds. The summed E-state index contributed by atoms with van der Waals surface area (Å²) in [6, 6.07) is 0. The number of hydrogen-bond acceptors (Lipinski definition) is 3. The summed E-state index contributed by atoms with van der Waals surface area (Å²) in [4.78, 5) is 4.24. The molecule has 1 N–H and O–H groups in total. The van der Waals surface area contributed by atoms with Crippen LogP contribution in [0.2, 0.25) is 0 Å². The van der Waals surface area contributed by atoms with Crippen LogP contribution in [0.5, 0.6) is 0 Å². The van der Waals surface area contributed by atoms with E-state index in [4.69, 9.17) is 0 Å². The molecule has 1 unspecified atom stereocenters. The van der Waals surface area contributed by atoms with E-state index in [1.807, 2.05) is 36.5 Å². The summed E-state index contributed by atoms with van der Waals surface area (Å²) in [7, 11) is 3.90. The second kappa shape index (κ2) is 5.57. The SMILES string of the molecule is Cc1nn(C)c(C)c1CCC(O)Cc1nccn1C. The van der Waals surface area contributed by atoms with Crippen LogP contribution in [0.15, 0.2) is 12.4 Å². The summed E-state index contributed by atoms with van der Waals surface area (Å²) < 4.78 is 3.85. The first-order chi connectivity index (χ1) is 8.99. The number of aryl methyl sites for hydroxylation is 3. The van der Waals surface area contributed by atoms with Gasteiger partial charge in [0.25, 0.3) is 0 Å². The van der Waals surface area contributed by atoms with Gasteiger partial charge in [0.15, 0.2) is 0 Å². The summed E-state index contributed by atoms with van der Waals surface area (Å²) >= 11 is 0. The Bertz CT molecular complexity index is 556. The highest BCUT2D eigenvalue weighted by Crippen LogP contribution is 2.16. The van der Waals surface area contributed by atoms with Crippen molar-refractivity contribution in [3.05, 3.63) is 35.2 Å². The zero-order valence-electron chi connectivity index (χ0n) is 12.1. The highest BCUT2D eigenvalue weighted by atomic mass is 16.3. The number of aromatic nitrogens is 4. The molecule has 2 aromatic heterocycles. The van der Waals surface area contributed by atoms with Gasteiger partial charge in [-0.25, -0.2) is 4.98 Å². The molecule has 0 aromatic carbocycles. The predicted molar refractivity (Wildman–Crippen MR) is 73.9 cm³/mol. The van der Waals surface area contributed by atoms with Gasteiger partial charge < -0.3 is 9.67 Å². The maximum absolute atomic E-state index is 10.1. The van der Waals surface area contributed by atoms with Crippen molar-refractivity contribution in [3.8, 4) is 0 Å². The molecule has 5 heteroatoms. The molecule has 0 spiro atoms. The molecule has 2 aromatic rings. The maximum atomic E-state index is 10.1. The van der Waals surface area contributed by atoms with E-state index in [9.17, 15) is 5.11 Å². The smallest absolute Gasteiger partial charge is 0.110 e. The molecule has 0 saturated heterocycles. The topological polar surface area (TPSA) is 55.9 Å². The molecular weight excluding hydrogens is 240 g/mol. The Balaban J connectivity index is 1.93. The fraction of sp³-hybridized carbons (Fsp3) is 0.571. The maximum Gasteiger partial charge on any atom is 0.110 e. The van der Waals surface area contributed by atoms with E-state index in [-0.39, 0.29) is 6.10 Å². The van der Waals surface area contributed by atoms with Crippen molar-refractivity contribution >= 4 is 0 Å². The molecule has 2 rings (SSSR count). The number of nitrogens with zero attached hydrogens (tertiary/aromatic N) is 4. The Morgan fingerprint density at radius 3 is 2.58 bits per heavy atom. The second-order valence-electron chi connectivity index (χ2n) is 5.12. The van der Waals surface area contributed by atoms with E-state index in [1.54, 1.807) is 6.20 Å². The van der Waals surface area contributed by atoms with Crippen LogP contribution in [0, 0.1) is 13.8 Å². The lowest BCUT2D eigenvalue weighted by molar-refractivity contribution is 0.162. The fourth-order valence-corrected chi connectivity index (χ4v) is 2.40. The van der Waals surface area contributed by atoms with Gasteiger partial charge in [-0.15, -0.1) is 0 Å². The number of hydrogen-bond donors (Lipinski definition) is 1. The Kier molecular flexibility index (Phi) is 4.04. The second-order valence-corrected chi connectivity index (χ2v) is 5.12. The van der Waals surface area contributed by atoms with Crippen molar-refractivity contribution in [2.45, 2.75) is 39.2 Å². The molecule has 104 valence electrons. The minimum Gasteiger partial charge on any atom is -0.393 e. The Hall–Kier alpha value is -1.62. The lowest BCUT2D eigenvalue weighted by atomic mass is 10.0. The monoisotopic (exact) mass is 262 g/mol. The highest BCUT2D eigenvalue weighted by molar-refractivity contribution is 5.24. The first-order valence-electron chi connectivity index (χ1n) is 6.62. The molecule has 0 bridgehead atoms. The lowest BCUT2D eigenvalue weighted by Crippen LogP contribution is -2.15. The standard InChI is InChI=1S/C14H22N4O/c1-10-13(11(2)18(4)16-10)6-5-12(19)9-14-15-7-8-17(14)3/h7-8,12,19H,5-6,9H2,1-4H3. The first kappa shape index (κ1) is 13.8. The number of aliphatic hydroxyl groups is 1. The van der Waals surface area contributed by atoms with Crippen molar-refractivity contribution in [1.29, 1.82) is 0 Å². The lowest BCUT2D eigenvalue weighted by Gasteiger charge is -2.10. The van der Waals surface area contributed by atoms with E-state index in [2.05, 4.69) is 17.0 Å². The Labute approximate surface area is 113 Å². The third kappa shape index (κ3) is 3.04. The molecule has 0 radical (unpaired) electrons. The van der Waals surface area contributed by atoms with Gasteiger partial charge in [0.1, 0.15) is 5.82 Å². The van der Waals surface area contributed by atoms with Crippen LogP contribution >= 0.6 is 0 Å². The van der Waals surface area contributed by atoms with Crippen molar-refractivity contribution in [3.63, 3.8) is 0 Å². The van der Waals surface area contributed by atoms with Crippen molar-refractivity contribution in [2.24, 2.45) is 14.1 Å². The van der Waals surface area contributed by atoms with Crippen LogP contribution in [0.3, 0.4) is 0 Å². The number of imidazole rings is 1. The van der Waals surface area contributed by atoms with Gasteiger partial charge in [0, 0.05) is 38.6 Å². The third-order valence-electron chi connectivity index (χ3n) is 3.73. The van der Waals surface area contributed by atoms with Gasteiger partial charge in [0.2, 0.25) is 0 Å². The van der Waals surface area contributed by atoms with Crippen LogP contribution < -0.4 is 0 Å². The minimum absolute atomic E-state index is 0.361. The Morgan fingerprint density at radius 1 is 1.32 bits per heavy atom. The van der Waals surface area contributed by atoms with Gasteiger partial charge in [-0.1, -0.05) is 0 Å². The van der Waals surface area contributed by atoms with Gasteiger partial charge in [0.05, 0.1) is 11.8 Å². The molecular formula is C14H22N4O. The molecule has 0 aliphatic carbocycles. The molecule has 1 atom stereocenters. The molecule has 0 aliphatic heterocycles. The summed E-state index contributed by atoms with van der Waals surface area (Å²) in [6.45, 7) is 4.09. The first-order valence-corrected chi connectivity index (χ1v) is 6.62. The van der Waals surface area contributed by atoms with Gasteiger partial charge in [-0.3, -0.25) is 4.68 Å². The quantitative estimate of drug-likeness (QED) is 0.884. The molecule has 2 heterocycles. The van der Waals surface area contributed by atoms with E-state index in [1.165, 1.54) is 11.3 Å². The number of rotatable bonds is 5. The molecule has 5 nitrogen and oxygen atoms in total. The minimum atomic E-state index is -0.361. The van der Waals surface area contributed by atoms with Crippen LogP contribution in [-0.4, -0.2) is 30.5 Å². The van der Waals surface area contributed by atoms with Gasteiger partial charge in [-0.05, 0) is 32.3 Å². The van der Waals surface area contributed by atoms with Gasteiger partial charge >= 0.3 is 0 Å². The van der Waals surface area contributed by atoms with Crippen molar-refractivity contribution in [1.82, 2.24) is 19.3 Å². The summed E-state index contributed by atoms with van der Waals surface area (Å²) in [5.74, 6) is 0.923. The zero-order chi connectivity index (χ0) is 14.0. The highest BCUT2D eigenvalue weighted by Gasteiger charge is 2.13. The number of aliphatic hydroxyl groups excluding tert-OH is 1. The van der Waals surface area contributed by atoms with E-state index < -0.39 is 0 Å². The third-order valence-corrected chi connectivity index (χ3v) is 3.73. The fourth-order valence-electron chi connectivity index (χ4n) is 2.40. The average molecular weight is 262 g/mol. The van der Waals surface area contributed by atoms with E-state index in [0.717, 1.165) is 24.4 Å². The van der Waals surface area contributed by atoms with Crippen LogP contribution in [0.1, 0.15) is 29.2 Å². The largest absolute Gasteiger partial charge is 0.393 e. The van der Waals surface area contributed by atoms with Crippen molar-refractivity contribution in [2.75, 3.05) is 0 Å². The van der Waals surface area contributed by atoms with Crippen molar-refractivity contribution < 1.29 is 5.11 Å². The van der Waals surface area contributed by atoms with Crippen LogP contribution in [0.25, 0.3) is 0 Å². The summed E-state index contributed by atoms with van der Waals surface area (Å²) in [5, 5.41) is 14.5. The predicted octanol–water partition coefficient (Wildman–Crippen LogP) is 1.31.